The van der Waals surface area contributed by atoms with Crippen LogP contribution in [-0.4, -0.2) is 0 Å². The topological polar surface area (TPSA) is 12.0 Å². The summed E-state index contributed by atoms with van der Waals surface area (Å²) in [6.45, 7) is 0.723. The molecule has 0 radical (unpaired) electrons. The van der Waals surface area contributed by atoms with E-state index in [2.05, 4.69) is 40.3 Å². The Bertz CT molecular complexity index is 595. The van der Waals surface area contributed by atoms with Crippen LogP contribution in [0.5, 0.6) is 0 Å². The van der Waals surface area contributed by atoms with Crippen LogP contribution in [0.4, 0.5) is 4.39 Å². The average Bonchev–Trinajstić information content (AvgIpc) is 3.14. The first-order valence-corrected chi connectivity index (χ1v) is 8.13. The summed E-state index contributed by atoms with van der Waals surface area (Å²) in [5.74, 6) is -0.193. The van der Waals surface area contributed by atoms with E-state index in [0.717, 1.165) is 12.1 Å². The van der Waals surface area contributed by atoms with Gasteiger partial charge in [0.05, 0.1) is 6.04 Å². The standard InChI is InChI=1S/C16H14FNS2/c17-13-7-5-12(6-8-13)11-18-16(14-3-1-9-19-14)15-4-2-10-20-15/h1-10,16,18H,11H2. The summed E-state index contributed by atoms with van der Waals surface area (Å²) >= 11 is 3.50. The van der Waals surface area contributed by atoms with E-state index < -0.39 is 0 Å². The third kappa shape index (κ3) is 3.15. The first-order chi connectivity index (χ1) is 9.83. The molecule has 0 bridgehead atoms. The lowest BCUT2D eigenvalue weighted by atomic mass is 10.1. The Morgan fingerprint density at radius 2 is 1.50 bits per heavy atom. The Morgan fingerprint density at radius 3 is 2.00 bits per heavy atom. The van der Waals surface area contributed by atoms with E-state index in [0.29, 0.717) is 0 Å². The minimum absolute atomic E-state index is 0.193. The van der Waals surface area contributed by atoms with Gasteiger partial charge in [-0.1, -0.05) is 24.3 Å². The zero-order valence-electron chi connectivity index (χ0n) is 10.8. The van der Waals surface area contributed by atoms with E-state index in [1.807, 2.05) is 12.1 Å². The second-order valence-corrected chi connectivity index (χ2v) is 6.43. The molecule has 3 aromatic rings. The maximum Gasteiger partial charge on any atom is 0.123 e. The molecule has 0 aliphatic carbocycles. The number of benzene rings is 1. The highest BCUT2D eigenvalue weighted by molar-refractivity contribution is 7.11. The predicted octanol–water partition coefficient (Wildman–Crippen LogP) is 4.83. The summed E-state index contributed by atoms with van der Waals surface area (Å²) in [6.07, 6.45) is 0. The van der Waals surface area contributed by atoms with Crippen LogP contribution in [0.2, 0.25) is 0 Å². The van der Waals surface area contributed by atoms with Gasteiger partial charge in [-0.05, 0) is 40.6 Å². The predicted molar refractivity (Wildman–Crippen MR) is 83.7 cm³/mol. The molecule has 1 nitrogen and oxygen atoms in total. The van der Waals surface area contributed by atoms with Gasteiger partial charge in [0.25, 0.3) is 0 Å². The van der Waals surface area contributed by atoms with Gasteiger partial charge in [-0.2, -0.15) is 0 Å². The maximum atomic E-state index is 12.9. The van der Waals surface area contributed by atoms with Crippen LogP contribution >= 0.6 is 22.7 Å². The third-order valence-corrected chi connectivity index (χ3v) is 4.95. The van der Waals surface area contributed by atoms with Crippen molar-refractivity contribution in [3.05, 3.63) is 80.4 Å². The molecular formula is C16H14FNS2. The number of rotatable bonds is 5. The van der Waals surface area contributed by atoms with Crippen LogP contribution < -0.4 is 5.32 Å². The number of hydrogen-bond acceptors (Lipinski definition) is 3. The fraction of sp³-hybridized carbons (Fsp3) is 0.125. The highest BCUT2D eigenvalue weighted by Crippen LogP contribution is 2.29. The molecule has 2 aromatic heterocycles. The van der Waals surface area contributed by atoms with Crippen molar-refractivity contribution in [1.82, 2.24) is 5.32 Å². The van der Waals surface area contributed by atoms with Crippen LogP contribution in [0.1, 0.15) is 21.4 Å². The minimum Gasteiger partial charge on any atom is -0.301 e. The van der Waals surface area contributed by atoms with Crippen LogP contribution in [0.3, 0.4) is 0 Å². The molecule has 0 aliphatic rings. The van der Waals surface area contributed by atoms with E-state index in [-0.39, 0.29) is 11.9 Å². The SMILES string of the molecule is Fc1ccc(CNC(c2cccs2)c2cccs2)cc1. The fourth-order valence-electron chi connectivity index (χ4n) is 2.07. The highest BCUT2D eigenvalue weighted by Gasteiger charge is 2.15. The molecule has 0 unspecified atom stereocenters. The molecule has 0 saturated carbocycles. The number of halogens is 1. The summed E-state index contributed by atoms with van der Waals surface area (Å²) < 4.78 is 12.9. The van der Waals surface area contributed by atoms with Gasteiger partial charge in [-0.15, -0.1) is 22.7 Å². The minimum atomic E-state index is -0.193. The second kappa shape index (κ2) is 6.31. The van der Waals surface area contributed by atoms with Crippen LogP contribution in [0, 0.1) is 5.82 Å². The van der Waals surface area contributed by atoms with Crippen molar-refractivity contribution in [2.45, 2.75) is 12.6 Å². The van der Waals surface area contributed by atoms with E-state index in [1.165, 1.54) is 21.9 Å². The summed E-state index contributed by atoms with van der Waals surface area (Å²) in [4.78, 5) is 2.60. The molecule has 3 rings (SSSR count). The molecular weight excluding hydrogens is 289 g/mol. The van der Waals surface area contributed by atoms with E-state index in [4.69, 9.17) is 0 Å². The largest absolute Gasteiger partial charge is 0.301 e. The summed E-state index contributed by atoms with van der Waals surface area (Å²) in [7, 11) is 0. The Balaban J connectivity index is 1.76. The zero-order valence-corrected chi connectivity index (χ0v) is 12.4. The Kier molecular flexibility index (Phi) is 4.25. The molecule has 4 heteroatoms. The van der Waals surface area contributed by atoms with Gasteiger partial charge in [0.15, 0.2) is 0 Å². The number of hydrogen-bond donors (Lipinski definition) is 1. The lowest BCUT2D eigenvalue weighted by molar-refractivity contribution is 0.612. The highest BCUT2D eigenvalue weighted by atomic mass is 32.1. The molecule has 2 heterocycles. The van der Waals surface area contributed by atoms with Crippen molar-refractivity contribution < 1.29 is 4.39 Å². The first-order valence-electron chi connectivity index (χ1n) is 6.37. The molecule has 0 fully saturated rings. The van der Waals surface area contributed by atoms with Crippen molar-refractivity contribution in [3.8, 4) is 0 Å². The van der Waals surface area contributed by atoms with Crippen molar-refractivity contribution in [1.29, 1.82) is 0 Å². The molecule has 0 aliphatic heterocycles. The average molecular weight is 303 g/mol. The molecule has 0 atom stereocenters. The molecule has 1 N–H and O–H groups in total. The molecule has 0 amide bonds. The Labute approximate surface area is 125 Å². The summed E-state index contributed by atoms with van der Waals surface area (Å²) in [5, 5.41) is 7.74. The van der Waals surface area contributed by atoms with Gasteiger partial charge >= 0.3 is 0 Å². The van der Waals surface area contributed by atoms with Crippen LogP contribution in [0.15, 0.2) is 59.3 Å². The lowest BCUT2D eigenvalue weighted by Crippen LogP contribution is -2.20. The van der Waals surface area contributed by atoms with Crippen molar-refractivity contribution in [3.63, 3.8) is 0 Å². The van der Waals surface area contributed by atoms with Crippen molar-refractivity contribution >= 4 is 22.7 Å². The van der Waals surface area contributed by atoms with Gasteiger partial charge in [0.1, 0.15) is 5.82 Å². The fourth-order valence-corrected chi connectivity index (χ4v) is 3.78. The van der Waals surface area contributed by atoms with Gasteiger partial charge in [-0.3, -0.25) is 0 Å². The molecule has 20 heavy (non-hydrogen) atoms. The van der Waals surface area contributed by atoms with E-state index >= 15 is 0 Å². The normalized spacial score (nSPS) is 11.1. The molecule has 0 spiro atoms. The Morgan fingerprint density at radius 1 is 0.900 bits per heavy atom. The van der Waals surface area contributed by atoms with Crippen molar-refractivity contribution in [2.24, 2.45) is 0 Å². The van der Waals surface area contributed by atoms with Crippen LogP contribution in [-0.2, 0) is 6.54 Å². The number of nitrogens with one attached hydrogen (secondary N) is 1. The second-order valence-electron chi connectivity index (χ2n) is 4.47. The summed E-state index contributed by atoms with van der Waals surface area (Å²) in [5.41, 5.74) is 1.09. The Hall–Kier alpha value is -1.49. The molecule has 0 saturated heterocycles. The van der Waals surface area contributed by atoms with Crippen molar-refractivity contribution in [2.75, 3.05) is 0 Å². The first kappa shape index (κ1) is 13.5. The smallest absolute Gasteiger partial charge is 0.123 e. The third-order valence-electron chi connectivity index (χ3n) is 3.08. The van der Waals surface area contributed by atoms with Gasteiger partial charge in [0.2, 0.25) is 0 Å². The maximum absolute atomic E-state index is 12.9. The summed E-state index contributed by atoms with van der Waals surface area (Å²) in [6, 6.07) is 15.3. The number of thiophene rings is 2. The lowest BCUT2D eigenvalue weighted by Gasteiger charge is -2.16. The molecule has 1 aromatic carbocycles. The van der Waals surface area contributed by atoms with Gasteiger partial charge in [0, 0.05) is 16.3 Å². The monoisotopic (exact) mass is 303 g/mol. The quantitative estimate of drug-likeness (QED) is 0.712. The van der Waals surface area contributed by atoms with E-state index in [1.54, 1.807) is 22.7 Å². The van der Waals surface area contributed by atoms with Gasteiger partial charge in [-0.25, -0.2) is 4.39 Å². The van der Waals surface area contributed by atoms with Crippen LogP contribution in [0.25, 0.3) is 0 Å². The zero-order chi connectivity index (χ0) is 13.8. The van der Waals surface area contributed by atoms with Gasteiger partial charge < -0.3 is 5.32 Å². The van der Waals surface area contributed by atoms with E-state index in [9.17, 15) is 4.39 Å². The molecule has 102 valence electrons.